The van der Waals surface area contributed by atoms with Gasteiger partial charge in [-0.2, -0.15) is 0 Å². The summed E-state index contributed by atoms with van der Waals surface area (Å²) in [5.74, 6) is 1.07. The first-order valence-corrected chi connectivity index (χ1v) is 9.61. The van der Waals surface area contributed by atoms with E-state index in [2.05, 4.69) is 47.5 Å². The normalized spacial score (nSPS) is 17.3. The number of hydrogen-bond acceptors (Lipinski definition) is 3. The fraction of sp³-hybridized carbons (Fsp3) is 0.500. The molecule has 0 radical (unpaired) electrons. The van der Waals surface area contributed by atoms with Crippen LogP contribution in [0, 0.1) is 0 Å². The minimum Gasteiger partial charge on any atom is -0.496 e. The van der Waals surface area contributed by atoms with Gasteiger partial charge in [0.2, 0.25) is 0 Å². The molecule has 1 aromatic heterocycles. The summed E-state index contributed by atoms with van der Waals surface area (Å²) in [4.78, 5) is 4.20. The van der Waals surface area contributed by atoms with E-state index in [-0.39, 0.29) is 0 Å². The van der Waals surface area contributed by atoms with E-state index in [0.29, 0.717) is 6.04 Å². The van der Waals surface area contributed by atoms with Crippen molar-refractivity contribution in [2.24, 2.45) is 0 Å². The van der Waals surface area contributed by atoms with Crippen molar-refractivity contribution in [2.75, 3.05) is 20.2 Å². The lowest BCUT2D eigenvalue weighted by atomic mass is 9.86. The largest absolute Gasteiger partial charge is 0.496 e. The van der Waals surface area contributed by atoms with Crippen LogP contribution in [0.3, 0.4) is 0 Å². The number of aryl methyl sites for hydroxylation is 1. The molecule has 0 amide bonds. The molecule has 0 N–H and O–H groups in total. The van der Waals surface area contributed by atoms with Crippen molar-refractivity contribution in [2.45, 2.75) is 45.1 Å². The molecule has 1 aromatic carbocycles. The van der Waals surface area contributed by atoms with Gasteiger partial charge < -0.3 is 4.74 Å². The Kier molecular flexibility index (Phi) is 5.74. The van der Waals surface area contributed by atoms with Crippen molar-refractivity contribution in [1.29, 1.82) is 0 Å². The van der Waals surface area contributed by atoms with Crippen LogP contribution in [-0.4, -0.2) is 31.1 Å². The molecule has 3 heteroatoms. The van der Waals surface area contributed by atoms with Crippen LogP contribution in [0.4, 0.5) is 0 Å². The van der Waals surface area contributed by atoms with Crippen LogP contribution in [0.2, 0.25) is 0 Å². The summed E-state index contributed by atoms with van der Waals surface area (Å²) in [6.45, 7) is 4.65. The third-order valence-electron chi connectivity index (χ3n) is 4.89. The molecule has 0 fully saturated rings. The lowest BCUT2D eigenvalue weighted by Crippen LogP contribution is -2.41. The van der Waals surface area contributed by atoms with Crippen LogP contribution in [0.5, 0.6) is 5.75 Å². The van der Waals surface area contributed by atoms with Crippen molar-refractivity contribution in [3.63, 3.8) is 0 Å². The SMILES string of the molecule is CCCN(CCc1cccs1)C1CCc2cccc(OC)c2C1. The van der Waals surface area contributed by atoms with Crippen LogP contribution in [0.15, 0.2) is 35.7 Å². The van der Waals surface area contributed by atoms with Gasteiger partial charge in [-0.1, -0.05) is 25.1 Å². The zero-order chi connectivity index (χ0) is 16.1. The van der Waals surface area contributed by atoms with E-state index in [1.165, 1.54) is 54.8 Å². The van der Waals surface area contributed by atoms with Crippen LogP contribution >= 0.6 is 11.3 Å². The van der Waals surface area contributed by atoms with Gasteiger partial charge >= 0.3 is 0 Å². The molecule has 2 aromatic rings. The molecule has 1 unspecified atom stereocenters. The molecule has 0 saturated carbocycles. The van der Waals surface area contributed by atoms with E-state index in [1.807, 2.05) is 11.3 Å². The predicted molar refractivity (Wildman–Crippen MR) is 98.7 cm³/mol. The highest BCUT2D eigenvalue weighted by molar-refractivity contribution is 7.09. The Morgan fingerprint density at radius 3 is 2.87 bits per heavy atom. The quantitative estimate of drug-likeness (QED) is 0.738. The lowest BCUT2D eigenvalue weighted by molar-refractivity contribution is 0.181. The fourth-order valence-corrected chi connectivity index (χ4v) is 4.41. The average molecular weight is 330 g/mol. The Labute approximate surface area is 144 Å². The molecule has 0 aliphatic heterocycles. The highest BCUT2D eigenvalue weighted by Gasteiger charge is 2.25. The summed E-state index contributed by atoms with van der Waals surface area (Å²) >= 11 is 1.88. The molecule has 124 valence electrons. The minimum atomic E-state index is 0.652. The topological polar surface area (TPSA) is 12.5 Å². The van der Waals surface area contributed by atoms with Gasteiger partial charge in [0.1, 0.15) is 5.75 Å². The van der Waals surface area contributed by atoms with E-state index in [9.17, 15) is 0 Å². The van der Waals surface area contributed by atoms with Gasteiger partial charge in [-0.15, -0.1) is 11.3 Å². The highest BCUT2D eigenvalue weighted by Crippen LogP contribution is 2.31. The first kappa shape index (κ1) is 16.5. The molecule has 1 atom stereocenters. The Morgan fingerprint density at radius 1 is 1.22 bits per heavy atom. The standard InChI is InChI=1S/C20H27NOS/c1-3-12-21(13-11-18-7-5-14-23-18)17-10-9-16-6-4-8-20(22-2)19(16)15-17/h4-8,14,17H,3,9-13,15H2,1-2H3. The first-order chi connectivity index (χ1) is 11.3. The molecule has 3 rings (SSSR count). The number of rotatable bonds is 7. The van der Waals surface area contributed by atoms with E-state index in [4.69, 9.17) is 4.74 Å². The van der Waals surface area contributed by atoms with Crippen molar-refractivity contribution in [3.05, 3.63) is 51.7 Å². The second-order valence-electron chi connectivity index (χ2n) is 6.36. The Bertz CT molecular complexity index is 594. The Balaban J connectivity index is 1.70. The summed E-state index contributed by atoms with van der Waals surface area (Å²) in [6, 6.07) is 11.6. The summed E-state index contributed by atoms with van der Waals surface area (Å²) in [6.07, 6.45) is 5.97. The third kappa shape index (κ3) is 3.96. The van der Waals surface area contributed by atoms with Gasteiger partial charge in [0, 0.05) is 17.5 Å². The second-order valence-corrected chi connectivity index (χ2v) is 7.39. The summed E-state index contributed by atoms with van der Waals surface area (Å²) in [5, 5.41) is 2.18. The van der Waals surface area contributed by atoms with Crippen LogP contribution in [0.1, 0.15) is 35.8 Å². The highest BCUT2D eigenvalue weighted by atomic mass is 32.1. The summed E-state index contributed by atoms with van der Waals surface area (Å²) < 4.78 is 5.60. The first-order valence-electron chi connectivity index (χ1n) is 8.73. The Hall–Kier alpha value is -1.32. The van der Waals surface area contributed by atoms with Crippen molar-refractivity contribution >= 4 is 11.3 Å². The van der Waals surface area contributed by atoms with Crippen molar-refractivity contribution in [1.82, 2.24) is 4.90 Å². The summed E-state index contributed by atoms with van der Waals surface area (Å²) in [5.41, 5.74) is 2.92. The van der Waals surface area contributed by atoms with Crippen LogP contribution in [0.25, 0.3) is 0 Å². The molecule has 23 heavy (non-hydrogen) atoms. The number of benzene rings is 1. The maximum absolute atomic E-state index is 5.60. The number of nitrogens with zero attached hydrogens (tertiary/aromatic N) is 1. The maximum atomic E-state index is 5.60. The van der Waals surface area contributed by atoms with Crippen molar-refractivity contribution in [3.8, 4) is 5.75 Å². The van der Waals surface area contributed by atoms with Crippen LogP contribution < -0.4 is 4.74 Å². The van der Waals surface area contributed by atoms with Gasteiger partial charge in [0.15, 0.2) is 0 Å². The van der Waals surface area contributed by atoms with Crippen molar-refractivity contribution < 1.29 is 4.74 Å². The van der Waals surface area contributed by atoms with Gasteiger partial charge in [-0.05, 0) is 67.3 Å². The molecule has 0 spiro atoms. The average Bonchev–Trinajstić information content (AvgIpc) is 3.11. The minimum absolute atomic E-state index is 0.652. The molecule has 1 aliphatic rings. The zero-order valence-corrected chi connectivity index (χ0v) is 15.1. The molecule has 0 saturated heterocycles. The molecular formula is C20H27NOS. The van der Waals surface area contributed by atoms with Gasteiger partial charge in [0.25, 0.3) is 0 Å². The van der Waals surface area contributed by atoms with E-state index >= 15 is 0 Å². The third-order valence-corrected chi connectivity index (χ3v) is 5.83. The van der Waals surface area contributed by atoms with Gasteiger partial charge in [0.05, 0.1) is 7.11 Å². The Morgan fingerprint density at radius 2 is 2.13 bits per heavy atom. The number of fused-ring (bicyclic) bond motifs is 1. The van der Waals surface area contributed by atoms with Gasteiger partial charge in [-0.3, -0.25) is 4.90 Å². The molecule has 1 heterocycles. The summed E-state index contributed by atoms with van der Waals surface area (Å²) in [7, 11) is 1.79. The zero-order valence-electron chi connectivity index (χ0n) is 14.3. The number of thiophene rings is 1. The number of methoxy groups -OCH3 is 1. The molecule has 0 bridgehead atoms. The van der Waals surface area contributed by atoms with Crippen LogP contribution in [-0.2, 0) is 19.3 Å². The van der Waals surface area contributed by atoms with Gasteiger partial charge in [-0.25, -0.2) is 0 Å². The molecule has 2 nitrogen and oxygen atoms in total. The molecule has 1 aliphatic carbocycles. The predicted octanol–water partition coefficient (Wildman–Crippen LogP) is 4.57. The number of ether oxygens (including phenoxy) is 1. The van der Waals surface area contributed by atoms with E-state index in [0.717, 1.165) is 12.2 Å². The smallest absolute Gasteiger partial charge is 0.122 e. The monoisotopic (exact) mass is 329 g/mol. The number of hydrogen-bond donors (Lipinski definition) is 0. The van der Waals surface area contributed by atoms with E-state index < -0.39 is 0 Å². The van der Waals surface area contributed by atoms with E-state index in [1.54, 1.807) is 7.11 Å². The molecular weight excluding hydrogens is 302 g/mol. The lowest BCUT2D eigenvalue weighted by Gasteiger charge is -2.35. The fourth-order valence-electron chi connectivity index (χ4n) is 3.71. The second kappa shape index (κ2) is 7.98. The maximum Gasteiger partial charge on any atom is 0.122 e.